The number of benzene rings is 1. The van der Waals surface area contributed by atoms with E-state index in [0.29, 0.717) is 11.5 Å². The van der Waals surface area contributed by atoms with Gasteiger partial charge in [-0.3, -0.25) is 4.79 Å². The molecule has 0 saturated carbocycles. The van der Waals surface area contributed by atoms with Gasteiger partial charge < -0.3 is 11.1 Å². The summed E-state index contributed by atoms with van der Waals surface area (Å²) < 4.78 is 0. The van der Waals surface area contributed by atoms with E-state index in [1.165, 1.54) is 6.92 Å². The number of amides is 1. The van der Waals surface area contributed by atoms with E-state index in [-0.39, 0.29) is 11.7 Å². The summed E-state index contributed by atoms with van der Waals surface area (Å²) in [5.41, 5.74) is 8.12. The number of nitrogens with zero attached hydrogens (tertiary/aromatic N) is 3. The molecule has 0 spiro atoms. The molecule has 1 aromatic heterocycles. The minimum absolute atomic E-state index is 0.203. The maximum absolute atomic E-state index is 10.9. The number of rotatable bonds is 3. The van der Waals surface area contributed by atoms with Crippen LogP contribution >= 0.6 is 0 Å². The van der Waals surface area contributed by atoms with Gasteiger partial charge in [-0.15, -0.1) is 5.11 Å². The van der Waals surface area contributed by atoms with Crippen molar-refractivity contribution in [2.45, 2.75) is 13.8 Å². The third-order valence-electron chi connectivity index (χ3n) is 2.51. The van der Waals surface area contributed by atoms with Gasteiger partial charge in [0.05, 0.1) is 5.69 Å². The van der Waals surface area contributed by atoms with Gasteiger partial charge in [0.2, 0.25) is 5.91 Å². The molecule has 0 fully saturated rings. The summed E-state index contributed by atoms with van der Waals surface area (Å²) in [7, 11) is 0. The SMILES string of the molecule is CC(=O)Nc1ccc(/N=N/c2ccc(C)cc2)c(N)n1. The van der Waals surface area contributed by atoms with Crippen LogP contribution in [-0.4, -0.2) is 10.9 Å². The predicted molar refractivity (Wildman–Crippen MR) is 78.3 cm³/mol. The van der Waals surface area contributed by atoms with Gasteiger partial charge in [0.15, 0.2) is 5.82 Å². The number of aromatic nitrogens is 1. The van der Waals surface area contributed by atoms with E-state index in [9.17, 15) is 4.79 Å². The quantitative estimate of drug-likeness (QED) is 0.837. The fourth-order valence-electron chi connectivity index (χ4n) is 1.53. The molecule has 1 aromatic carbocycles. The van der Waals surface area contributed by atoms with Gasteiger partial charge in [0.1, 0.15) is 11.5 Å². The van der Waals surface area contributed by atoms with E-state index in [1.807, 2.05) is 31.2 Å². The number of nitrogens with two attached hydrogens (primary N) is 1. The van der Waals surface area contributed by atoms with Crippen LogP contribution in [0.2, 0.25) is 0 Å². The van der Waals surface area contributed by atoms with Crippen LogP contribution < -0.4 is 11.1 Å². The molecule has 0 aliphatic heterocycles. The first-order valence-corrected chi connectivity index (χ1v) is 6.07. The molecular weight excluding hydrogens is 254 g/mol. The highest BCUT2D eigenvalue weighted by atomic mass is 16.1. The van der Waals surface area contributed by atoms with Gasteiger partial charge in [-0.2, -0.15) is 5.11 Å². The minimum Gasteiger partial charge on any atom is -0.382 e. The zero-order chi connectivity index (χ0) is 14.5. The Morgan fingerprint density at radius 2 is 1.85 bits per heavy atom. The number of carbonyl (C=O) groups excluding carboxylic acids is 1. The van der Waals surface area contributed by atoms with E-state index in [2.05, 4.69) is 20.5 Å². The molecule has 1 heterocycles. The summed E-state index contributed by atoms with van der Waals surface area (Å²) >= 11 is 0. The Bertz CT molecular complexity index is 649. The van der Waals surface area contributed by atoms with Crippen LogP contribution in [0.4, 0.5) is 23.0 Å². The molecule has 3 N–H and O–H groups in total. The number of hydrogen-bond donors (Lipinski definition) is 2. The van der Waals surface area contributed by atoms with Gasteiger partial charge in [0, 0.05) is 6.92 Å². The highest BCUT2D eigenvalue weighted by Gasteiger charge is 2.03. The van der Waals surface area contributed by atoms with E-state index >= 15 is 0 Å². The summed E-state index contributed by atoms with van der Waals surface area (Å²) in [4.78, 5) is 14.9. The molecule has 0 aliphatic rings. The lowest BCUT2D eigenvalue weighted by molar-refractivity contribution is -0.114. The first-order chi connectivity index (χ1) is 9.54. The Balaban J connectivity index is 2.17. The number of carbonyl (C=O) groups is 1. The van der Waals surface area contributed by atoms with E-state index in [4.69, 9.17) is 5.73 Å². The van der Waals surface area contributed by atoms with Crippen molar-refractivity contribution in [3.05, 3.63) is 42.0 Å². The Morgan fingerprint density at radius 1 is 1.15 bits per heavy atom. The number of nitrogen functional groups attached to an aromatic ring is 1. The van der Waals surface area contributed by atoms with Crippen LogP contribution in [0.15, 0.2) is 46.6 Å². The molecule has 0 aliphatic carbocycles. The normalized spacial score (nSPS) is 10.7. The van der Waals surface area contributed by atoms with Crippen LogP contribution in [0.1, 0.15) is 12.5 Å². The standard InChI is InChI=1S/C14H15N5O/c1-9-3-5-11(6-4-9)18-19-12-7-8-13(16-10(2)20)17-14(12)15/h3-8H,1-2H3,(H3,15,16,17,20)/b19-18+. The summed E-state index contributed by atoms with van der Waals surface area (Å²) in [6.07, 6.45) is 0. The van der Waals surface area contributed by atoms with Gasteiger partial charge in [-0.1, -0.05) is 17.7 Å². The second-order valence-corrected chi connectivity index (χ2v) is 4.32. The summed E-state index contributed by atoms with van der Waals surface area (Å²) in [5, 5.41) is 10.7. The molecule has 6 heteroatoms. The lowest BCUT2D eigenvalue weighted by Gasteiger charge is -2.03. The molecule has 2 rings (SSSR count). The van der Waals surface area contributed by atoms with Crippen molar-refractivity contribution in [3.8, 4) is 0 Å². The molecule has 102 valence electrons. The highest BCUT2D eigenvalue weighted by molar-refractivity contribution is 5.88. The first-order valence-electron chi connectivity index (χ1n) is 6.07. The highest BCUT2D eigenvalue weighted by Crippen LogP contribution is 2.24. The number of aryl methyl sites for hydroxylation is 1. The average molecular weight is 269 g/mol. The van der Waals surface area contributed by atoms with Crippen LogP contribution in [0.25, 0.3) is 0 Å². The maximum atomic E-state index is 10.9. The number of pyridine rings is 1. The second kappa shape index (κ2) is 5.92. The molecular formula is C14H15N5O. The Hall–Kier alpha value is -2.76. The van der Waals surface area contributed by atoms with Crippen LogP contribution in [0, 0.1) is 6.92 Å². The fraction of sp³-hybridized carbons (Fsp3) is 0.143. The van der Waals surface area contributed by atoms with Gasteiger partial charge in [-0.05, 0) is 31.2 Å². The number of azo groups is 1. The zero-order valence-corrected chi connectivity index (χ0v) is 11.3. The average Bonchev–Trinajstić information content (AvgIpc) is 2.39. The molecule has 1 amide bonds. The summed E-state index contributed by atoms with van der Waals surface area (Å²) in [5.74, 6) is 0.405. The van der Waals surface area contributed by atoms with Crippen molar-refractivity contribution in [2.24, 2.45) is 10.2 Å². The van der Waals surface area contributed by atoms with Crippen molar-refractivity contribution in [1.82, 2.24) is 4.98 Å². The molecule has 0 unspecified atom stereocenters. The minimum atomic E-state index is -0.203. The first kappa shape index (κ1) is 13.7. The molecule has 0 bridgehead atoms. The number of hydrogen-bond acceptors (Lipinski definition) is 5. The molecule has 6 nitrogen and oxygen atoms in total. The monoisotopic (exact) mass is 269 g/mol. The topological polar surface area (TPSA) is 92.7 Å². The lowest BCUT2D eigenvalue weighted by atomic mass is 10.2. The van der Waals surface area contributed by atoms with Crippen molar-refractivity contribution >= 4 is 28.9 Å². The molecule has 20 heavy (non-hydrogen) atoms. The largest absolute Gasteiger partial charge is 0.382 e. The van der Waals surface area contributed by atoms with Crippen molar-refractivity contribution in [2.75, 3.05) is 11.1 Å². The zero-order valence-electron chi connectivity index (χ0n) is 11.3. The summed E-state index contributed by atoms with van der Waals surface area (Å²) in [6, 6.07) is 10.9. The van der Waals surface area contributed by atoms with Gasteiger partial charge in [0.25, 0.3) is 0 Å². The third-order valence-corrected chi connectivity index (χ3v) is 2.51. The van der Waals surface area contributed by atoms with Crippen LogP contribution in [0.5, 0.6) is 0 Å². The lowest BCUT2D eigenvalue weighted by Crippen LogP contribution is -2.08. The van der Waals surface area contributed by atoms with Gasteiger partial charge >= 0.3 is 0 Å². The molecule has 0 saturated heterocycles. The van der Waals surface area contributed by atoms with Crippen LogP contribution in [0.3, 0.4) is 0 Å². The number of nitrogens with one attached hydrogen (secondary N) is 1. The third kappa shape index (κ3) is 3.61. The smallest absolute Gasteiger partial charge is 0.222 e. The fourth-order valence-corrected chi connectivity index (χ4v) is 1.53. The van der Waals surface area contributed by atoms with Gasteiger partial charge in [-0.25, -0.2) is 4.98 Å². The van der Waals surface area contributed by atoms with E-state index in [1.54, 1.807) is 12.1 Å². The maximum Gasteiger partial charge on any atom is 0.222 e. The number of anilines is 2. The van der Waals surface area contributed by atoms with E-state index < -0.39 is 0 Å². The van der Waals surface area contributed by atoms with E-state index in [0.717, 1.165) is 11.3 Å². The molecule has 0 radical (unpaired) electrons. The Kier molecular flexibility index (Phi) is 4.05. The molecule has 0 atom stereocenters. The Morgan fingerprint density at radius 3 is 2.45 bits per heavy atom. The summed E-state index contributed by atoms with van der Waals surface area (Å²) in [6.45, 7) is 3.41. The second-order valence-electron chi connectivity index (χ2n) is 4.32. The van der Waals surface area contributed by atoms with Crippen molar-refractivity contribution < 1.29 is 4.79 Å². The van der Waals surface area contributed by atoms with Crippen molar-refractivity contribution in [1.29, 1.82) is 0 Å². The predicted octanol–water partition coefficient (Wildman–Crippen LogP) is 3.35. The van der Waals surface area contributed by atoms with Crippen molar-refractivity contribution in [3.63, 3.8) is 0 Å². The van der Waals surface area contributed by atoms with Crippen LogP contribution in [-0.2, 0) is 4.79 Å². The molecule has 2 aromatic rings. The Labute approximate surface area is 116 Å².